The van der Waals surface area contributed by atoms with Crippen LogP contribution in [0.3, 0.4) is 0 Å². The van der Waals surface area contributed by atoms with Crippen molar-refractivity contribution in [1.29, 1.82) is 5.26 Å². The summed E-state index contributed by atoms with van der Waals surface area (Å²) in [7, 11) is 0. The molecule has 1 aromatic carbocycles. The Morgan fingerprint density at radius 1 is 1.21 bits per heavy atom. The number of carbonyl (C=O) groups excluding carboxylic acids is 1. The Morgan fingerprint density at radius 2 is 1.88 bits per heavy atom. The van der Waals surface area contributed by atoms with Gasteiger partial charge in [-0.3, -0.25) is 4.79 Å². The molecular weight excluding hydrogens is 319 g/mol. The third-order valence-electron chi connectivity index (χ3n) is 3.99. The van der Waals surface area contributed by atoms with Gasteiger partial charge in [-0.2, -0.15) is 18.4 Å². The van der Waals surface area contributed by atoms with Gasteiger partial charge in [-0.15, -0.1) is 0 Å². The topological polar surface area (TPSA) is 56.1 Å². The molecule has 4 nitrogen and oxygen atoms in total. The molecule has 0 aromatic heterocycles. The number of nitriles is 1. The van der Waals surface area contributed by atoms with Crippen molar-refractivity contribution in [3.05, 3.63) is 71.1 Å². The number of hydrogen-bond donors (Lipinski definition) is 1. The molecule has 122 valence electrons. The summed E-state index contributed by atoms with van der Waals surface area (Å²) in [6, 6.07) is 7.41. The van der Waals surface area contributed by atoms with E-state index in [2.05, 4.69) is 0 Å². The SMILES string of the molecule is Cc1ccc([C@]2(C(F)(F)F)NC(=O)C(C#N)=C3C=CC=CN32)cc1. The van der Waals surface area contributed by atoms with Crippen LogP contribution in [0.2, 0.25) is 0 Å². The lowest BCUT2D eigenvalue weighted by Gasteiger charge is -2.48. The molecule has 0 saturated heterocycles. The van der Waals surface area contributed by atoms with Gasteiger partial charge in [0.05, 0.1) is 5.70 Å². The normalized spacial score (nSPS) is 23.0. The van der Waals surface area contributed by atoms with Crippen molar-refractivity contribution in [2.24, 2.45) is 0 Å². The highest BCUT2D eigenvalue weighted by molar-refractivity contribution is 6.00. The highest BCUT2D eigenvalue weighted by Gasteiger charge is 2.63. The number of carbonyl (C=O) groups is 1. The first-order valence-corrected chi connectivity index (χ1v) is 7.06. The van der Waals surface area contributed by atoms with Gasteiger partial charge in [0.25, 0.3) is 5.91 Å². The number of amides is 1. The number of nitrogens with one attached hydrogen (secondary N) is 1. The molecule has 1 atom stereocenters. The van der Waals surface area contributed by atoms with Crippen LogP contribution in [0.1, 0.15) is 11.1 Å². The number of fused-ring (bicyclic) bond motifs is 1. The Balaban J connectivity index is 2.32. The summed E-state index contributed by atoms with van der Waals surface area (Å²) < 4.78 is 42.4. The number of aryl methyl sites for hydroxylation is 1. The minimum Gasteiger partial charge on any atom is -0.317 e. The standard InChI is InChI=1S/C17H12F3N3O/c1-11-5-7-12(8-6-11)16(17(18,19)20)22-15(24)13(10-21)14-4-2-3-9-23(14)16/h2-9H,1H3,(H,22,24)/t16-/m0/s1. The van der Waals surface area contributed by atoms with Crippen molar-refractivity contribution in [3.8, 4) is 6.07 Å². The molecule has 2 heterocycles. The van der Waals surface area contributed by atoms with Crippen LogP contribution in [0.25, 0.3) is 0 Å². The van der Waals surface area contributed by atoms with E-state index in [1.54, 1.807) is 25.1 Å². The Morgan fingerprint density at radius 3 is 2.46 bits per heavy atom. The van der Waals surface area contributed by atoms with E-state index < -0.39 is 17.7 Å². The van der Waals surface area contributed by atoms with Crippen molar-refractivity contribution in [2.75, 3.05) is 0 Å². The summed E-state index contributed by atoms with van der Waals surface area (Å²) >= 11 is 0. The van der Waals surface area contributed by atoms with Crippen molar-refractivity contribution >= 4 is 5.91 Å². The molecule has 24 heavy (non-hydrogen) atoms. The van der Waals surface area contributed by atoms with E-state index in [0.717, 1.165) is 10.5 Å². The molecule has 3 rings (SSSR count). The molecule has 7 heteroatoms. The molecule has 0 fully saturated rings. The minimum atomic E-state index is -4.82. The first kappa shape index (κ1) is 15.9. The van der Waals surface area contributed by atoms with Gasteiger partial charge in [-0.05, 0) is 19.1 Å². The van der Waals surface area contributed by atoms with E-state index in [0.29, 0.717) is 0 Å². The molecule has 1 aromatic rings. The Labute approximate surface area is 136 Å². The van der Waals surface area contributed by atoms with Gasteiger partial charge in [0.1, 0.15) is 11.6 Å². The highest BCUT2D eigenvalue weighted by Crippen LogP contribution is 2.47. The summed E-state index contributed by atoms with van der Waals surface area (Å²) in [5.41, 5.74) is -2.55. The minimum absolute atomic E-state index is 0.0818. The number of nitrogens with zero attached hydrogens (tertiary/aromatic N) is 2. The van der Waals surface area contributed by atoms with Gasteiger partial charge >= 0.3 is 6.18 Å². The molecule has 0 saturated carbocycles. The van der Waals surface area contributed by atoms with Gasteiger partial charge < -0.3 is 10.2 Å². The van der Waals surface area contributed by atoms with Crippen molar-refractivity contribution in [2.45, 2.75) is 18.8 Å². The van der Waals surface area contributed by atoms with E-state index in [1.165, 1.54) is 36.6 Å². The van der Waals surface area contributed by atoms with Crippen LogP contribution in [-0.4, -0.2) is 17.0 Å². The zero-order chi connectivity index (χ0) is 17.5. The van der Waals surface area contributed by atoms with E-state index in [9.17, 15) is 18.0 Å². The van der Waals surface area contributed by atoms with Gasteiger partial charge in [0.15, 0.2) is 0 Å². The summed E-state index contributed by atoms with van der Waals surface area (Å²) in [5.74, 6) is -1.05. The largest absolute Gasteiger partial charge is 0.435 e. The highest BCUT2D eigenvalue weighted by atomic mass is 19.4. The second-order valence-corrected chi connectivity index (χ2v) is 5.47. The fourth-order valence-corrected chi connectivity index (χ4v) is 2.83. The lowest BCUT2D eigenvalue weighted by Crippen LogP contribution is -2.67. The van der Waals surface area contributed by atoms with E-state index in [-0.39, 0.29) is 16.8 Å². The summed E-state index contributed by atoms with van der Waals surface area (Å²) in [6.07, 6.45) is 0.619. The van der Waals surface area contributed by atoms with Crippen molar-refractivity contribution in [1.82, 2.24) is 10.2 Å². The Kier molecular flexibility index (Phi) is 3.48. The first-order chi connectivity index (χ1) is 11.3. The zero-order valence-electron chi connectivity index (χ0n) is 12.6. The molecule has 0 radical (unpaired) electrons. The molecular formula is C17H12F3N3O. The van der Waals surface area contributed by atoms with Crippen LogP contribution >= 0.6 is 0 Å². The third-order valence-corrected chi connectivity index (χ3v) is 3.99. The number of hydrogen-bond acceptors (Lipinski definition) is 3. The van der Waals surface area contributed by atoms with Crippen LogP contribution < -0.4 is 5.32 Å². The molecule has 2 aliphatic rings. The van der Waals surface area contributed by atoms with Crippen molar-refractivity contribution in [3.63, 3.8) is 0 Å². The number of benzene rings is 1. The number of allylic oxidation sites excluding steroid dienone is 3. The van der Waals surface area contributed by atoms with Gasteiger partial charge in [-0.25, -0.2) is 0 Å². The van der Waals surface area contributed by atoms with Gasteiger partial charge in [-0.1, -0.05) is 35.9 Å². The van der Waals surface area contributed by atoms with Crippen LogP contribution in [0.15, 0.2) is 60.0 Å². The van der Waals surface area contributed by atoms with Crippen molar-refractivity contribution < 1.29 is 18.0 Å². The van der Waals surface area contributed by atoms with Crippen LogP contribution in [0.5, 0.6) is 0 Å². The number of rotatable bonds is 1. The average Bonchev–Trinajstić information content (AvgIpc) is 2.54. The summed E-state index contributed by atoms with van der Waals surface area (Å²) in [5, 5.41) is 11.1. The average molecular weight is 331 g/mol. The number of alkyl halides is 3. The monoisotopic (exact) mass is 331 g/mol. The second kappa shape index (κ2) is 5.27. The van der Waals surface area contributed by atoms with Crippen LogP contribution in [0.4, 0.5) is 13.2 Å². The summed E-state index contributed by atoms with van der Waals surface area (Å²) in [6.45, 7) is 1.76. The Bertz CT molecular complexity index is 828. The zero-order valence-corrected chi connectivity index (χ0v) is 12.6. The quantitative estimate of drug-likeness (QED) is 0.861. The smallest absolute Gasteiger partial charge is 0.317 e. The fraction of sp³-hybridized carbons (Fsp3) is 0.176. The maximum atomic E-state index is 14.1. The maximum absolute atomic E-state index is 14.1. The maximum Gasteiger partial charge on any atom is 0.435 e. The third kappa shape index (κ3) is 2.11. The van der Waals surface area contributed by atoms with Crippen LogP contribution in [-0.2, 0) is 10.5 Å². The first-order valence-electron chi connectivity index (χ1n) is 7.06. The predicted molar refractivity (Wildman–Crippen MR) is 79.8 cm³/mol. The van der Waals surface area contributed by atoms with E-state index >= 15 is 0 Å². The lowest BCUT2D eigenvalue weighted by molar-refractivity contribution is -0.237. The molecule has 0 spiro atoms. The van der Waals surface area contributed by atoms with Gasteiger partial charge in [0.2, 0.25) is 5.66 Å². The van der Waals surface area contributed by atoms with E-state index in [4.69, 9.17) is 5.26 Å². The lowest BCUT2D eigenvalue weighted by atomic mass is 9.90. The molecule has 0 unspecified atom stereocenters. The second-order valence-electron chi connectivity index (χ2n) is 5.47. The summed E-state index contributed by atoms with van der Waals surface area (Å²) in [4.78, 5) is 13.1. The molecule has 1 amide bonds. The molecule has 1 N–H and O–H groups in total. The number of halogens is 3. The Hall–Kier alpha value is -3.01. The predicted octanol–water partition coefficient (Wildman–Crippen LogP) is 3.00. The molecule has 2 aliphatic heterocycles. The fourth-order valence-electron chi connectivity index (χ4n) is 2.83. The molecule has 0 aliphatic carbocycles. The van der Waals surface area contributed by atoms with Crippen LogP contribution in [0, 0.1) is 18.3 Å². The molecule has 0 bridgehead atoms. The van der Waals surface area contributed by atoms with E-state index in [1.807, 2.05) is 5.32 Å². The van der Waals surface area contributed by atoms with Gasteiger partial charge in [0, 0.05) is 11.8 Å².